The van der Waals surface area contributed by atoms with E-state index < -0.39 is 12.0 Å². The highest BCUT2D eigenvalue weighted by Crippen LogP contribution is 2.11. The smallest absolute Gasteiger partial charge is 0.306 e. The minimum atomic E-state index is -0.629. The van der Waals surface area contributed by atoms with Crippen molar-refractivity contribution in [3.8, 4) is 0 Å². The van der Waals surface area contributed by atoms with Crippen LogP contribution < -0.4 is 5.32 Å². The molecule has 1 aliphatic rings. The van der Waals surface area contributed by atoms with Crippen LogP contribution >= 0.6 is 0 Å². The summed E-state index contributed by atoms with van der Waals surface area (Å²) < 4.78 is 10.1. The fourth-order valence-electron chi connectivity index (χ4n) is 2.09. The largest absolute Gasteiger partial charge is 0.466 e. The van der Waals surface area contributed by atoms with Crippen molar-refractivity contribution in [3.05, 3.63) is 0 Å². The fraction of sp³-hybridized carbons (Fsp3) is 0.786. The molecule has 0 saturated carbocycles. The second kappa shape index (κ2) is 8.61. The van der Waals surface area contributed by atoms with Crippen LogP contribution in [0.3, 0.4) is 0 Å². The Bertz CT molecular complexity index is 384. The average molecular weight is 300 g/mol. The SMILES string of the molecule is CCOC(=O)CCC(=O)N1CCOCC1C(=O)NC(C)C. The van der Waals surface area contributed by atoms with Gasteiger partial charge in [-0.15, -0.1) is 0 Å². The van der Waals surface area contributed by atoms with E-state index in [-0.39, 0.29) is 37.3 Å². The van der Waals surface area contributed by atoms with Gasteiger partial charge < -0.3 is 19.7 Å². The number of carbonyl (C=O) groups is 3. The van der Waals surface area contributed by atoms with Gasteiger partial charge in [0, 0.05) is 19.0 Å². The quantitative estimate of drug-likeness (QED) is 0.702. The summed E-state index contributed by atoms with van der Waals surface area (Å²) in [5, 5.41) is 2.78. The molecule has 1 unspecified atom stereocenters. The molecule has 0 aromatic rings. The topological polar surface area (TPSA) is 84.9 Å². The summed E-state index contributed by atoms with van der Waals surface area (Å²) in [5.41, 5.74) is 0. The summed E-state index contributed by atoms with van der Waals surface area (Å²) in [6, 6.07) is -0.633. The third-order valence-corrected chi connectivity index (χ3v) is 3.03. The zero-order chi connectivity index (χ0) is 15.8. The molecule has 1 fully saturated rings. The van der Waals surface area contributed by atoms with Crippen LogP contribution in [0.4, 0.5) is 0 Å². The van der Waals surface area contributed by atoms with Crippen LogP contribution in [0.2, 0.25) is 0 Å². The van der Waals surface area contributed by atoms with E-state index in [4.69, 9.17) is 9.47 Å². The van der Waals surface area contributed by atoms with Crippen LogP contribution in [0.5, 0.6) is 0 Å². The minimum absolute atomic E-state index is 0.00379. The van der Waals surface area contributed by atoms with Crippen molar-refractivity contribution in [2.75, 3.05) is 26.4 Å². The predicted molar refractivity (Wildman–Crippen MR) is 75.5 cm³/mol. The van der Waals surface area contributed by atoms with Gasteiger partial charge in [-0.05, 0) is 20.8 Å². The molecule has 7 nitrogen and oxygen atoms in total. The molecule has 1 N–H and O–H groups in total. The molecule has 0 radical (unpaired) electrons. The van der Waals surface area contributed by atoms with Crippen molar-refractivity contribution in [1.29, 1.82) is 0 Å². The maximum atomic E-state index is 12.2. The lowest BCUT2D eigenvalue weighted by Crippen LogP contribution is -2.56. The lowest BCUT2D eigenvalue weighted by Gasteiger charge is -2.35. The highest BCUT2D eigenvalue weighted by molar-refractivity contribution is 5.89. The Morgan fingerprint density at radius 3 is 2.67 bits per heavy atom. The van der Waals surface area contributed by atoms with E-state index >= 15 is 0 Å². The van der Waals surface area contributed by atoms with E-state index in [1.54, 1.807) is 6.92 Å². The zero-order valence-corrected chi connectivity index (χ0v) is 12.9. The number of amides is 2. The number of rotatable bonds is 6. The second-order valence-corrected chi connectivity index (χ2v) is 5.15. The predicted octanol–water partition coefficient (Wildman–Crippen LogP) is 0.0817. The summed E-state index contributed by atoms with van der Waals surface area (Å²) in [6.45, 7) is 6.67. The van der Waals surface area contributed by atoms with Crippen molar-refractivity contribution in [2.24, 2.45) is 0 Å². The third kappa shape index (κ3) is 5.71. The highest BCUT2D eigenvalue weighted by Gasteiger charge is 2.32. The van der Waals surface area contributed by atoms with Gasteiger partial charge in [0.25, 0.3) is 0 Å². The molecule has 1 rings (SSSR count). The van der Waals surface area contributed by atoms with Crippen LogP contribution in [0.15, 0.2) is 0 Å². The number of nitrogens with one attached hydrogen (secondary N) is 1. The molecular formula is C14H24N2O5. The Morgan fingerprint density at radius 2 is 2.05 bits per heavy atom. The molecule has 1 aliphatic heterocycles. The Labute approximate surface area is 124 Å². The molecule has 0 spiro atoms. The molecule has 1 heterocycles. The lowest BCUT2D eigenvalue weighted by molar-refractivity contribution is -0.151. The minimum Gasteiger partial charge on any atom is -0.466 e. The van der Waals surface area contributed by atoms with Gasteiger partial charge in [0.1, 0.15) is 6.04 Å². The Balaban J connectivity index is 2.57. The maximum absolute atomic E-state index is 12.2. The van der Waals surface area contributed by atoms with Crippen molar-refractivity contribution >= 4 is 17.8 Å². The lowest BCUT2D eigenvalue weighted by atomic mass is 10.1. The normalized spacial score (nSPS) is 18.5. The molecular weight excluding hydrogens is 276 g/mol. The number of morpholine rings is 1. The number of ether oxygens (including phenoxy) is 2. The van der Waals surface area contributed by atoms with Gasteiger partial charge in [0.2, 0.25) is 11.8 Å². The molecule has 0 aliphatic carbocycles. The summed E-state index contributed by atoms with van der Waals surface area (Å²) in [6.07, 6.45) is 0.0762. The van der Waals surface area contributed by atoms with Crippen molar-refractivity contribution < 1.29 is 23.9 Å². The summed E-state index contributed by atoms with van der Waals surface area (Å²) in [5.74, 6) is -0.855. The molecule has 1 atom stereocenters. The van der Waals surface area contributed by atoms with Crippen molar-refractivity contribution in [1.82, 2.24) is 10.2 Å². The van der Waals surface area contributed by atoms with Crippen LogP contribution in [0.25, 0.3) is 0 Å². The molecule has 0 aromatic carbocycles. The van der Waals surface area contributed by atoms with Crippen LogP contribution in [0, 0.1) is 0 Å². The van der Waals surface area contributed by atoms with E-state index in [0.29, 0.717) is 19.8 Å². The summed E-state index contributed by atoms with van der Waals surface area (Å²) in [4.78, 5) is 37.1. The first kappa shape index (κ1) is 17.4. The Morgan fingerprint density at radius 1 is 1.33 bits per heavy atom. The van der Waals surface area contributed by atoms with Crippen molar-refractivity contribution in [2.45, 2.75) is 45.7 Å². The number of hydrogen-bond donors (Lipinski definition) is 1. The standard InChI is InChI=1S/C14H24N2O5/c1-4-21-13(18)6-5-12(17)16-7-8-20-9-11(16)14(19)15-10(2)3/h10-11H,4-9H2,1-3H3,(H,15,19). The Kier molecular flexibility index (Phi) is 7.14. The molecule has 21 heavy (non-hydrogen) atoms. The fourth-order valence-corrected chi connectivity index (χ4v) is 2.09. The van der Waals surface area contributed by atoms with E-state index in [2.05, 4.69) is 5.32 Å². The van der Waals surface area contributed by atoms with Crippen molar-refractivity contribution in [3.63, 3.8) is 0 Å². The summed E-state index contributed by atoms with van der Waals surface area (Å²) >= 11 is 0. The summed E-state index contributed by atoms with van der Waals surface area (Å²) in [7, 11) is 0. The van der Waals surface area contributed by atoms with E-state index in [0.717, 1.165) is 0 Å². The molecule has 2 amide bonds. The van der Waals surface area contributed by atoms with E-state index in [9.17, 15) is 14.4 Å². The van der Waals surface area contributed by atoms with Crippen LogP contribution in [0.1, 0.15) is 33.6 Å². The second-order valence-electron chi connectivity index (χ2n) is 5.15. The van der Waals surface area contributed by atoms with Gasteiger partial charge in [-0.1, -0.05) is 0 Å². The molecule has 0 aromatic heterocycles. The number of hydrogen-bond acceptors (Lipinski definition) is 5. The molecule has 0 bridgehead atoms. The third-order valence-electron chi connectivity index (χ3n) is 3.03. The van der Waals surface area contributed by atoms with Gasteiger partial charge >= 0.3 is 5.97 Å². The molecule has 1 saturated heterocycles. The van der Waals surface area contributed by atoms with Gasteiger partial charge in [0.05, 0.1) is 26.2 Å². The zero-order valence-electron chi connectivity index (χ0n) is 12.9. The number of carbonyl (C=O) groups excluding carboxylic acids is 3. The monoisotopic (exact) mass is 300 g/mol. The maximum Gasteiger partial charge on any atom is 0.306 e. The average Bonchev–Trinajstić information content (AvgIpc) is 2.44. The van der Waals surface area contributed by atoms with Crippen LogP contribution in [-0.4, -0.2) is 61.1 Å². The number of nitrogens with zero attached hydrogens (tertiary/aromatic N) is 1. The van der Waals surface area contributed by atoms with E-state index in [1.165, 1.54) is 4.90 Å². The van der Waals surface area contributed by atoms with Gasteiger partial charge in [-0.25, -0.2) is 0 Å². The van der Waals surface area contributed by atoms with Gasteiger partial charge in [-0.3, -0.25) is 14.4 Å². The van der Waals surface area contributed by atoms with Gasteiger partial charge in [-0.2, -0.15) is 0 Å². The highest BCUT2D eigenvalue weighted by atomic mass is 16.5. The first-order valence-electron chi connectivity index (χ1n) is 7.29. The molecule has 7 heteroatoms. The Hall–Kier alpha value is -1.63. The first-order valence-corrected chi connectivity index (χ1v) is 7.29. The van der Waals surface area contributed by atoms with Gasteiger partial charge in [0.15, 0.2) is 0 Å². The first-order chi connectivity index (χ1) is 9.95. The molecule has 120 valence electrons. The van der Waals surface area contributed by atoms with E-state index in [1.807, 2.05) is 13.8 Å². The van der Waals surface area contributed by atoms with Crippen LogP contribution in [-0.2, 0) is 23.9 Å². The number of esters is 1.